The highest BCUT2D eigenvalue weighted by molar-refractivity contribution is 6.13. The first-order valence-electron chi connectivity index (χ1n) is 17.4. The van der Waals surface area contributed by atoms with E-state index in [1.807, 2.05) is 12.1 Å². The van der Waals surface area contributed by atoms with Gasteiger partial charge in [-0.2, -0.15) is 0 Å². The molecule has 3 heteroatoms. The van der Waals surface area contributed by atoms with Crippen LogP contribution >= 0.6 is 0 Å². The van der Waals surface area contributed by atoms with Crippen LogP contribution in [0.1, 0.15) is 0 Å². The number of hydrogen-bond acceptors (Lipinski definition) is 1. The van der Waals surface area contributed by atoms with Gasteiger partial charge in [0.05, 0.1) is 22.1 Å². The second-order valence-electron chi connectivity index (χ2n) is 13.3. The van der Waals surface area contributed by atoms with Crippen LogP contribution in [0.2, 0.25) is 0 Å². The predicted octanol–water partition coefficient (Wildman–Crippen LogP) is 13.1. The number of rotatable bonds is 4. The van der Waals surface area contributed by atoms with Crippen LogP contribution in [0.3, 0.4) is 0 Å². The van der Waals surface area contributed by atoms with E-state index in [-0.39, 0.29) is 0 Å². The van der Waals surface area contributed by atoms with Crippen LogP contribution in [-0.2, 0) is 0 Å². The van der Waals surface area contributed by atoms with E-state index < -0.39 is 0 Å². The zero-order valence-corrected chi connectivity index (χ0v) is 27.6. The molecule has 0 unspecified atom stereocenters. The van der Waals surface area contributed by atoms with E-state index in [0.29, 0.717) is 0 Å². The van der Waals surface area contributed by atoms with Gasteiger partial charge in [0, 0.05) is 49.3 Å². The molecule has 0 saturated carbocycles. The van der Waals surface area contributed by atoms with E-state index in [2.05, 4.69) is 179 Å². The molecule has 0 aliphatic carbocycles. The Balaban J connectivity index is 1.04. The summed E-state index contributed by atoms with van der Waals surface area (Å²) in [5.41, 5.74) is 13.6. The zero-order chi connectivity index (χ0) is 33.5. The quantitative estimate of drug-likeness (QED) is 0.186. The van der Waals surface area contributed by atoms with Crippen LogP contribution in [0.5, 0.6) is 0 Å². The first kappa shape index (κ1) is 28.0. The van der Waals surface area contributed by atoms with Crippen molar-refractivity contribution in [1.82, 2.24) is 9.13 Å². The molecule has 0 aliphatic rings. The predicted molar refractivity (Wildman–Crippen MR) is 213 cm³/mol. The molecule has 0 aliphatic heterocycles. The van der Waals surface area contributed by atoms with Crippen LogP contribution < -0.4 is 0 Å². The average molecular weight is 651 g/mol. The SMILES string of the molecule is c1ccc(-n2c3ccccc3c3cc(-c4ccc5c(c4)c4ccccc4n5-c4ccc(-c5cccc6c5oc5ccccc56)cc4)ccc32)cc1. The van der Waals surface area contributed by atoms with Crippen molar-refractivity contribution in [2.24, 2.45) is 0 Å². The maximum absolute atomic E-state index is 6.36. The van der Waals surface area contributed by atoms with Crippen molar-refractivity contribution in [3.63, 3.8) is 0 Å². The Morgan fingerprint density at radius 1 is 0.314 bits per heavy atom. The van der Waals surface area contributed by atoms with Crippen LogP contribution in [0.25, 0.3) is 99.2 Å². The van der Waals surface area contributed by atoms with Gasteiger partial charge in [-0.1, -0.05) is 115 Å². The highest BCUT2D eigenvalue weighted by Gasteiger charge is 2.17. The number of hydrogen-bond donors (Lipinski definition) is 0. The van der Waals surface area contributed by atoms with Crippen LogP contribution in [0.15, 0.2) is 186 Å². The third kappa shape index (κ3) is 4.19. The van der Waals surface area contributed by atoms with Crippen molar-refractivity contribution >= 4 is 65.6 Å². The molecule has 0 amide bonds. The van der Waals surface area contributed by atoms with Gasteiger partial charge in [-0.3, -0.25) is 0 Å². The van der Waals surface area contributed by atoms with Gasteiger partial charge in [0.2, 0.25) is 0 Å². The van der Waals surface area contributed by atoms with E-state index in [0.717, 1.165) is 38.8 Å². The monoisotopic (exact) mass is 650 g/mol. The summed E-state index contributed by atoms with van der Waals surface area (Å²) in [4.78, 5) is 0. The smallest absolute Gasteiger partial charge is 0.143 e. The molecule has 238 valence electrons. The molecule has 0 N–H and O–H groups in total. The second-order valence-corrected chi connectivity index (χ2v) is 13.3. The van der Waals surface area contributed by atoms with E-state index >= 15 is 0 Å². The molecule has 0 radical (unpaired) electrons. The van der Waals surface area contributed by atoms with Crippen LogP contribution in [0, 0.1) is 0 Å². The zero-order valence-electron chi connectivity index (χ0n) is 27.6. The normalized spacial score (nSPS) is 11.9. The van der Waals surface area contributed by atoms with Crippen LogP contribution in [-0.4, -0.2) is 9.13 Å². The molecule has 0 bridgehead atoms. The summed E-state index contributed by atoms with van der Waals surface area (Å²) in [6, 6.07) is 65.5. The third-order valence-electron chi connectivity index (χ3n) is 10.5. The summed E-state index contributed by atoms with van der Waals surface area (Å²) in [5.74, 6) is 0. The van der Waals surface area contributed by atoms with E-state index in [1.54, 1.807) is 0 Å². The van der Waals surface area contributed by atoms with Crippen molar-refractivity contribution < 1.29 is 4.42 Å². The molecule has 0 atom stereocenters. The minimum Gasteiger partial charge on any atom is -0.455 e. The lowest BCUT2D eigenvalue weighted by Crippen LogP contribution is -1.94. The number of furan rings is 1. The Hall–Kier alpha value is -6.84. The standard InChI is InChI=1S/C48H30N2O/c1-2-11-34(12-3-1)49-43-18-7-4-13-37(43)41-29-32(23-27-45(41)49)33-24-28-46-42(30-33)38-14-5-8-19-44(38)50(46)35-25-21-31(22-26-35)36-16-10-17-40-39-15-6-9-20-47(39)51-48(36)40/h1-30H. The molecule has 51 heavy (non-hydrogen) atoms. The topological polar surface area (TPSA) is 23.0 Å². The van der Waals surface area contributed by atoms with E-state index in [9.17, 15) is 0 Å². The summed E-state index contributed by atoms with van der Waals surface area (Å²) < 4.78 is 11.1. The molecule has 8 aromatic carbocycles. The lowest BCUT2D eigenvalue weighted by atomic mass is 10.0. The lowest BCUT2D eigenvalue weighted by molar-refractivity contribution is 0.670. The first-order valence-corrected chi connectivity index (χ1v) is 17.4. The molecular weight excluding hydrogens is 621 g/mol. The van der Waals surface area contributed by atoms with E-state index in [4.69, 9.17) is 4.42 Å². The first-order chi connectivity index (χ1) is 25.3. The summed E-state index contributed by atoms with van der Waals surface area (Å²) in [5, 5.41) is 7.29. The molecule has 0 spiro atoms. The second kappa shape index (κ2) is 10.8. The lowest BCUT2D eigenvalue weighted by Gasteiger charge is -2.10. The number of para-hydroxylation sites is 5. The van der Waals surface area contributed by atoms with Crippen molar-refractivity contribution in [2.45, 2.75) is 0 Å². The molecular formula is C48H30N2O. The average Bonchev–Trinajstić information content (AvgIpc) is 3.86. The summed E-state index contributed by atoms with van der Waals surface area (Å²) in [6.07, 6.45) is 0. The third-order valence-corrected chi connectivity index (χ3v) is 10.5. The maximum Gasteiger partial charge on any atom is 0.143 e. The molecule has 11 aromatic rings. The Morgan fingerprint density at radius 2 is 0.804 bits per heavy atom. The highest BCUT2D eigenvalue weighted by Crippen LogP contribution is 2.40. The summed E-state index contributed by atoms with van der Waals surface area (Å²) >= 11 is 0. The van der Waals surface area contributed by atoms with Crippen molar-refractivity contribution in [1.29, 1.82) is 0 Å². The van der Waals surface area contributed by atoms with Gasteiger partial charge in [-0.15, -0.1) is 0 Å². The van der Waals surface area contributed by atoms with Crippen molar-refractivity contribution in [3.05, 3.63) is 182 Å². The number of nitrogens with zero attached hydrogens (tertiary/aromatic N) is 2. The fraction of sp³-hybridized carbons (Fsp3) is 0. The van der Waals surface area contributed by atoms with Gasteiger partial charge in [-0.05, 0) is 83.4 Å². The largest absolute Gasteiger partial charge is 0.455 e. The van der Waals surface area contributed by atoms with Crippen molar-refractivity contribution in [3.8, 4) is 33.6 Å². The van der Waals surface area contributed by atoms with E-state index in [1.165, 1.54) is 60.4 Å². The fourth-order valence-electron chi connectivity index (χ4n) is 8.20. The summed E-state index contributed by atoms with van der Waals surface area (Å²) in [6.45, 7) is 0. The minimum absolute atomic E-state index is 0.917. The molecule has 0 fully saturated rings. The Morgan fingerprint density at radius 3 is 1.45 bits per heavy atom. The van der Waals surface area contributed by atoms with Gasteiger partial charge < -0.3 is 13.6 Å². The Labute approximate surface area is 293 Å². The van der Waals surface area contributed by atoms with Crippen LogP contribution in [0.4, 0.5) is 0 Å². The van der Waals surface area contributed by atoms with Gasteiger partial charge in [0.25, 0.3) is 0 Å². The van der Waals surface area contributed by atoms with Crippen molar-refractivity contribution in [2.75, 3.05) is 0 Å². The molecule has 3 aromatic heterocycles. The Bertz CT molecular complexity index is 3120. The van der Waals surface area contributed by atoms with Gasteiger partial charge in [-0.25, -0.2) is 0 Å². The molecule has 3 heterocycles. The molecule has 11 rings (SSSR count). The fourth-order valence-corrected chi connectivity index (χ4v) is 8.20. The Kier molecular flexibility index (Phi) is 5.96. The summed E-state index contributed by atoms with van der Waals surface area (Å²) in [7, 11) is 0. The van der Waals surface area contributed by atoms with Gasteiger partial charge >= 0.3 is 0 Å². The highest BCUT2D eigenvalue weighted by atomic mass is 16.3. The number of fused-ring (bicyclic) bond motifs is 9. The van der Waals surface area contributed by atoms with Gasteiger partial charge in [0.1, 0.15) is 11.2 Å². The number of benzene rings is 8. The molecule has 0 saturated heterocycles. The maximum atomic E-state index is 6.36. The minimum atomic E-state index is 0.917. The number of aromatic nitrogens is 2. The van der Waals surface area contributed by atoms with Gasteiger partial charge in [0.15, 0.2) is 0 Å². The molecule has 3 nitrogen and oxygen atoms in total.